The predicted molar refractivity (Wildman–Crippen MR) is 51.1 cm³/mol. The fourth-order valence-electron chi connectivity index (χ4n) is 1.05. The molecule has 0 saturated carbocycles. The molecule has 0 fully saturated rings. The van der Waals surface area contributed by atoms with Crippen molar-refractivity contribution in [1.82, 2.24) is 4.98 Å². The van der Waals surface area contributed by atoms with Crippen LogP contribution in [0.15, 0.2) is 5.38 Å². The fourth-order valence-corrected chi connectivity index (χ4v) is 1.88. The lowest BCUT2D eigenvalue weighted by Crippen LogP contribution is -2.11. The molecule has 6 heteroatoms. The van der Waals surface area contributed by atoms with Gasteiger partial charge in [-0.3, -0.25) is 4.79 Å². The van der Waals surface area contributed by atoms with Crippen molar-refractivity contribution in [1.29, 1.82) is 0 Å². The monoisotopic (exact) mass is 237 g/mol. The van der Waals surface area contributed by atoms with E-state index in [0.29, 0.717) is 12.8 Å². The highest BCUT2D eigenvalue weighted by Crippen LogP contribution is 2.23. The van der Waals surface area contributed by atoms with Crippen LogP contribution in [0, 0.1) is 0 Å². The van der Waals surface area contributed by atoms with E-state index in [4.69, 9.17) is 0 Å². The zero-order valence-electron chi connectivity index (χ0n) is 8.10. The molecule has 0 aliphatic heterocycles. The third kappa shape index (κ3) is 3.99. The zero-order valence-corrected chi connectivity index (χ0v) is 8.91. The molecule has 0 bridgehead atoms. The maximum atomic E-state index is 12.0. The normalized spacial score (nSPS) is 11.7. The number of carbonyl (C=O) groups excluding carboxylic acids is 1. The fraction of sp³-hybridized carbons (Fsp3) is 0.556. The lowest BCUT2D eigenvalue weighted by Gasteiger charge is -2.01. The molecule has 0 spiro atoms. The van der Waals surface area contributed by atoms with Crippen LogP contribution in [-0.2, 0) is 6.42 Å². The van der Waals surface area contributed by atoms with Gasteiger partial charge in [-0.2, -0.15) is 13.2 Å². The van der Waals surface area contributed by atoms with Gasteiger partial charge in [-0.25, -0.2) is 4.98 Å². The second-order valence-corrected chi connectivity index (χ2v) is 4.03. The third-order valence-electron chi connectivity index (χ3n) is 1.67. The highest BCUT2D eigenvalue weighted by atomic mass is 32.1. The molecule has 0 unspecified atom stereocenters. The van der Waals surface area contributed by atoms with E-state index in [9.17, 15) is 18.0 Å². The number of aromatic nitrogens is 1. The van der Waals surface area contributed by atoms with Crippen molar-refractivity contribution in [3.63, 3.8) is 0 Å². The molecule has 84 valence electrons. The Morgan fingerprint density at radius 3 is 2.73 bits per heavy atom. The number of Topliss-reactive ketones (excluding diaryl/α,β-unsaturated/α-hetero) is 1. The summed E-state index contributed by atoms with van der Waals surface area (Å²) in [4.78, 5) is 14.9. The molecule has 0 saturated heterocycles. The second-order valence-electron chi connectivity index (χ2n) is 3.09. The van der Waals surface area contributed by atoms with Crippen LogP contribution in [0.4, 0.5) is 13.2 Å². The molecule has 0 N–H and O–H groups in total. The van der Waals surface area contributed by atoms with Crippen LogP contribution in [0.1, 0.15) is 35.3 Å². The molecular weight excluding hydrogens is 227 g/mol. The van der Waals surface area contributed by atoms with Gasteiger partial charge >= 0.3 is 6.18 Å². The number of hydrogen-bond acceptors (Lipinski definition) is 3. The molecule has 2 nitrogen and oxygen atoms in total. The van der Waals surface area contributed by atoms with Crippen molar-refractivity contribution >= 4 is 17.1 Å². The number of halogens is 3. The minimum atomic E-state index is -4.26. The van der Waals surface area contributed by atoms with Gasteiger partial charge in [0.05, 0.1) is 6.42 Å². The van der Waals surface area contributed by atoms with E-state index in [1.807, 2.05) is 6.92 Å². The first-order valence-corrected chi connectivity index (χ1v) is 5.34. The van der Waals surface area contributed by atoms with Crippen LogP contribution in [0.2, 0.25) is 0 Å². The molecule has 1 rings (SSSR count). The van der Waals surface area contributed by atoms with Crippen LogP contribution in [0.25, 0.3) is 0 Å². The SMILES string of the molecule is CCCC(=O)c1csc(CC(F)(F)F)n1. The number of hydrogen-bond donors (Lipinski definition) is 0. The summed E-state index contributed by atoms with van der Waals surface area (Å²) in [5, 5.41) is 1.33. The van der Waals surface area contributed by atoms with Crippen molar-refractivity contribution in [2.75, 3.05) is 0 Å². The topological polar surface area (TPSA) is 30.0 Å². The van der Waals surface area contributed by atoms with Crippen LogP contribution in [0.5, 0.6) is 0 Å². The van der Waals surface area contributed by atoms with Crippen molar-refractivity contribution in [2.24, 2.45) is 0 Å². The number of alkyl halides is 3. The molecule has 0 amide bonds. The highest BCUT2D eigenvalue weighted by Gasteiger charge is 2.29. The molecule has 0 aromatic carbocycles. The minimum absolute atomic E-state index is 0.0537. The Bertz CT molecular complexity index is 345. The van der Waals surface area contributed by atoms with Gasteiger partial charge < -0.3 is 0 Å². The Morgan fingerprint density at radius 1 is 1.53 bits per heavy atom. The predicted octanol–water partition coefficient (Wildman–Crippen LogP) is 3.23. The van der Waals surface area contributed by atoms with Gasteiger partial charge in [-0.1, -0.05) is 6.92 Å². The first-order chi connectivity index (χ1) is 6.92. The summed E-state index contributed by atoms with van der Waals surface area (Å²) in [5.74, 6) is -0.192. The Morgan fingerprint density at radius 2 is 2.20 bits per heavy atom. The maximum absolute atomic E-state index is 12.0. The average molecular weight is 237 g/mol. The minimum Gasteiger partial charge on any atom is -0.292 e. The summed E-state index contributed by atoms with van der Waals surface area (Å²) >= 11 is 0.879. The average Bonchev–Trinajstić information content (AvgIpc) is 2.50. The van der Waals surface area contributed by atoms with Crippen molar-refractivity contribution in [3.8, 4) is 0 Å². The summed E-state index contributed by atoms with van der Waals surface area (Å²) in [6.07, 6.45) is -4.32. The number of rotatable bonds is 4. The highest BCUT2D eigenvalue weighted by molar-refractivity contribution is 7.09. The van der Waals surface area contributed by atoms with Gasteiger partial charge in [0.15, 0.2) is 5.78 Å². The summed E-state index contributed by atoms with van der Waals surface area (Å²) in [6, 6.07) is 0. The molecule has 1 aromatic rings. The lowest BCUT2D eigenvalue weighted by molar-refractivity contribution is -0.127. The Labute approximate surface area is 89.1 Å². The standard InChI is InChI=1S/C9H10F3NOS/c1-2-3-7(14)6-5-15-8(13-6)4-9(10,11)12/h5H,2-4H2,1H3. The zero-order chi connectivity index (χ0) is 11.5. The molecule has 1 heterocycles. The smallest absolute Gasteiger partial charge is 0.292 e. The van der Waals surface area contributed by atoms with Crippen LogP contribution >= 0.6 is 11.3 Å². The van der Waals surface area contributed by atoms with E-state index < -0.39 is 12.6 Å². The number of nitrogens with zero attached hydrogens (tertiary/aromatic N) is 1. The lowest BCUT2D eigenvalue weighted by atomic mass is 10.2. The molecule has 1 aromatic heterocycles. The summed E-state index contributed by atoms with van der Waals surface area (Å²) < 4.78 is 35.9. The van der Waals surface area contributed by atoms with Gasteiger partial charge in [0.2, 0.25) is 0 Å². The number of carbonyl (C=O) groups is 1. The Hall–Kier alpha value is -0.910. The van der Waals surface area contributed by atoms with Crippen molar-refractivity contribution in [2.45, 2.75) is 32.4 Å². The van der Waals surface area contributed by atoms with Gasteiger partial charge in [0.25, 0.3) is 0 Å². The summed E-state index contributed by atoms with van der Waals surface area (Å²) in [6.45, 7) is 1.83. The quantitative estimate of drug-likeness (QED) is 0.752. The Kier molecular flexibility index (Phi) is 3.84. The van der Waals surface area contributed by atoms with E-state index in [0.717, 1.165) is 11.3 Å². The van der Waals surface area contributed by atoms with E-state index in [1.165, 1.54) is 5.38 Å². The molecule has 15 heavy (non-hydrogen) atoms. The first kappa shape index (κ1) is 12.2. The van der Waals surface area contributed by atoms with E-state index in [-0.39, 0.29) is 16.5 Å². The maximum Gasteiger partial charge on any atom is 0.395 e. The number of ketones is 1. The van der Waals surface area contributed by atoms with Gasteiger partial charge in [-0.15, -0.1) is 11.3 Å². The van der Waals surface area contributed by atoms with Gasteiger partial charge in [-0.05, 0) is 6.42 Å². The number of thiazole rings is 1. The van der Waals surface area contributed by atoms with Gasteiger partial charge in [0, 0.05) is 11.8 Å². The molecule has 0 atom stereocenters. The Balaban J connectivity index is 2.68. The molecule has 0 aliphatic rings. The van der Waals surface area contributed by atoms with Gasteiger partial charge in [0.1, 0.15) is 10.7 Å². The first-order valence-electron chi connectivity index (χ1n) is 4.46. The second kappa shape index (κ2) is 4.74. The van der Waals surface area contributed by atoms with E-state index in [2.05, 4.69) is 4.98 Å². The molecule has 0 aliphatic carbocycles. The van der Waals surface area contributed by atoms with E-state index >= 15 is 0 Å². The van der Waals surface area contributed by atoms with Crippen molar-refractivity contribution in [3.05, 3.63) is 16.1 Å². The summed E-state index contributed by atoms with van der Waals surface area (Å²) in [5.41, 5.74) is 0.154. The van der Waals surface area contributed by atoms with Crippen LogP contribution in [-0.4, -0.2) is 16.9 Å². The molecule has 0 radical (unpaired) electrons. The van der Waals surface area contributed by atoms with Crippen molar-refractivity contribution < 1.29 is 18.0 Å². The van der Waals surface area contributed by atoms with E-state index in [1.54, 1.807) is 0 Å². The largest absolute Gasteiger partial charge is 0.395 e. The van der Waals surface area contributed by atoms with Crippen LogP contribution < -0.4 is 0 Å². The third-order valence-corrected chi connectivity index (χ3v) is 2.51. The molecular formula is C9H10F3NOS. The van der Waals surface area contributed by atoms with Crippen LogP contribution in [0.3, 0.4) is 0 Å². The summed E-state index contributed by atoms with van der Waals surface area (Å²) in [7, 11) is 0.